The Morgan fingerprint density at radius 2 is 0.719 bits per heavy atom. The molecule has 2 nitrogen and oxygen atoms in total. The van der Waals surface area contributed by atoms with Crippen LogP contribution in [0.25, 0.3) is 0 Å². The standard InChI is InChI=1S/C30H26O2/c31-27(21-23-13-5-1-6-14-23)29(25-17-9-3-10-18-25)30(26-19-11-4-12-20-26)28(32)22-24-15-7-2-8-16-24/h1-20,29-30H,21-22H2/t29-,30-/m1/s1. The van der Waals surface area contributed by atoms with Gasteiger partial charge in [0.1, 0.15) is 11.6 Å². The van der Waals surface area contributed by atoms with Crippen LogP contribution in [-0.4, -0.2) is 11.6 Å². The van der Waals surface area contributed by atoms with Crippen molar-refractivity contribution in [3.63, 3.8) is 0 Å². The topological polar surface area (TPSA) is 34.1 Å². The second-order valence-electron chi connectivity index (χ2n) is 8.03. The van der Waals surface area contributed by atoms with Crippen LogP contribution >= 0.6 is 0 Å². The number of carbonyl (C=O) groups excluding carboxylic acids is 2. The molecule has 0 aliphatic heterocycles. The van der Waals surface area contributed by atoms with Crippen molar-refractivity contribution in [2.45, 2.75) is 24.7 Å². The molecule has 4 rings (SSSR count). The second-order valence-corrected chi connectivity index (χ2v) is 8.03. The van der Waals surface area contributed by atoms with Crippen molar-refractivity contribution in [1.82, 2.24) is 0 Å². The largest absolute Gasteiger partial charge is 0.299 e. The number of benzene rings is 4. The van der Waals surface area contributed by atoms with E-state index in [1.54, 1.807) is 0 Å². The van der Waals surface area contributed by atoms with Crippen LogP contribution < -0.4 is 0 Å². The van der Waals surface area contributed by atoms with Gasteiger partial charge in [-0.2, -0.15) is 0 Å². The van der Waals surface area contributed by atoms with Crippen LogP contribution in [0.5, 0.6) is 0 Å². The summed E-state index contributed by atoms with van der Waals surface area (Å²) in [7, 11) is 0. The molecule has 158 valence electrons. The van der Waals surface area contributed by atoms with E-state index in [1.807, 2.05) is 121 Å². The van der Waals surface area contributed by atoms with E-state index in [0.29, 0.717) is 12.8 Å². The highest BCUT2D eigenvalue weighted by Gasteiger charge is 2.35. The van der Waals surface area contributed by atoms with Crippen molar-refractivity contribution in [2.24, 2.45) is 0 Å². The Kier molecular flexibility index (Phi) is 7.04. The molecule has 32 heavy (non-hydrogen) atoms. The fourth-order valence-electron chi connectivity index (χ4n) is 4.26. The molecule has 0 aliphatic rings. The van der Waals surface area contributed by atoms with Gasteiger partial charge in [0.25, 0.3) is 0 Å². The SMILES string of the molecule is O=C(Cc1ccccc1)[C@@H](c1ccccc1)[C@@H](C(=O)Cc1ccccc1)c1ccccc1. The Bertz CT molecular complexity index is 1040. The maximum Gasteiger partial charge on any atom is 0.145 e. The van der Waals surface area contributed by atoms with Gasteiger partial charge in [-0.05, 0) is 22.3 Å². The van der Waals surface area contributed by atoms with Crippen LogP contribution in [0.15, 0.2) is 121 Å². The third-order valence-corrected chi connectivity index (χ3v) is 5.79. The normalized spacial score (nSPS) is 12.6. The Morgan fingerprint density at radius 3 is 1.03 bits per heavy atom. The van der Waals surface area contributed by atoms with Crippen molar-refractivity contribution in [3.05, 3.63) is 144 Å². The minimum absolute atomic E-state index is 0.0534. The van der Waals surface area contributed by atoms with E-state index in [2.05, 4.69) is 0 Å². The van der Waals surface area contributed by atoms with Crippen LogP contribution in [0.4, 0.5) is 0 Å². The van der Waals surface area contributed by atoms with Gasteiger partial charge in [0.15, 0.2) is 0 Å². The number of carbonyl (C=O) groups is 2. The number of ketones is 2. The first kappa shape index (κ1) is 21.5. The highest BCUT2D eigenvalue weighted by molar-refractivity contribution is 5.98. The summed E-state index contributed by atoms with van der Waals surface area (Å²) in [6.07, 6.45) is 0.588. The van der Waals surface area contributed by atoms with E-state index in [1.165, 1.54) is 0 Å². The summed E-state index contributed by atoms with van der Waals surface area (Å²) in [6.45, 7) is 0. The van der Waals surface area contributed by atoms with Crippen LogP contribution in [0.2, 0.25) is 0 Å². The lowest BCUT2D eigenvalue weighted by Crippen LogP contribution is -2.29. The maximum absolute atomic E-state index is 13.7. The van der Waals surface area contributed by atoms with Crippen molar-refractivity contribution >= 4 is 11.6 Å². The number of rotatable bonds is 9. The summed E-state index contributed by atoms with van der Waals surface area (Å²) in [5.41, 5.74) is 3.67. The van der Waals surface area contributed by atoms with Crippen molar-refractivity contribution in [2.75, 3.05) is 0 Å². The molecule has 0 N–H and O–H groups in total. The molecule has 2 heteroatoms. The van der Waals surface area contributed by atoms with E-state index >= 15 is 0 Å². The van der Waals surface area contributed by atoms with Gasteiger partial charge in [0.2, 0.25) is 0 Å². The molecule has 4 aromatic rings. The predicted octanol–water partition coefficient (Wildman–Crippen LogP) is 6.18. The van der Waals surface area contributed by atoms with Crippen LogP contribution in [-0.2, 0) is 22.4 Å². The number of Topliss-reactive ketones (excluding diaryl/α,β-unsaturated/α-hetero) is 2. The Morgan fingerprint density at radius 1 is 0.438 bits per heavy atom. The monoisotopic (exact) mass is 418 g/mol. The summed E-state index contributed by atoms with van der Waals surface area (Å²) >= 11 is 0. The van der Waals surface area contributed by atoms with Gasteiger partial charge in [0, 0.05) is 12.8 Å². The molecule has 2 atom stereocenters. The van der Waals surface area contributed by atoms with Gasteiger partial charge >= 0.3 is 0 Å². The quantitative estimate of drug-likeness (QED) is 0.325. The van der Waals surface area contributed by atoms with Crippen LogP contribution in [0.1, 0.15) is 34.1 Å². The smallest absolute Gasteiger partial charge is 0.145 e. The molecule has 0 fully saturated rings. The first-order valence-electron chi connectivity index (χ1n) is 11.0. The van der Waals surface area contributed by atoms with Gasteiger partial charge in [-0.25, -0.2) is 0 Å². The molecule has 0 saturated carbocycles. The molecule has 0 spiro atoms. The Hall–Kier alpha value is -3.78. The van der Waals surface area contributed by atoms with Crippen LogP contribution in [0.3, 0.4) is 0 Å². The lowest BCUT2D eigenvalue weighted by Gasteiger charge is -2.26. The molecule has 0 radical (unpaired) electrons. The molecule has 0 amide bonds. The minimum Gasteiger partial charge on any atom is -0.299 e. The van der Waals surface area contributed by atoms with Crippen molar-refractivity contribution < 1.29 is 9.59 Å². The summed E-state index contributed by atoms with van der Waals surface area (Å²) in [4.78, 5) is 27.5. The van der Waals surface area contributed by atoms with Crippen molar-refractivity contribution in [1.29, 1.82) is 0 Å². The van der Waals surface area contributed by atoms with Crippen LogP contribution in [0, 0.1) is 0 Å². The van der Waals surface area contributed by atoms with E-state index in [4.69, 9.17) is 0 Å². The summed E-state index contributed by atoms with van der Waals surface area (Å²) in [5.74, 6) is -0.986. The second kappa shape index (κ2) is 10.5. The minimum atomic E-state index is -0.546. The Labute approximate surface area is 189 Å². The first-order chi connectivity index (χ1) is 15.7. The zero-order chi connectivity index (χ0) is 22.2. The molecule has 4 aromatic carbocycles. The highest BCUT2D eigenvalue weighted by atomic mass is 16.1. The molecular weight excluding hydrogens is 392 g/mol. The molecular formula is C30H26O2. The van der Waals surface area contributed by atoms with Gasteiger partial charge in [-0.1, -0.05) is 121 Å². The lowest BCUT2D eigenvalue weighted by molar-refractivity contribution is -0.126. The van der Waals surface area contributed by atoms with Crippen molar-refractivity contribution in [3.8, 4) is 0 Å². The molecule has 0 saturated heterocycles. The van der Waals surface area contributed by atoms with E-state index in [0.717, 1.165) is 22.3 Å². The number of hydrogen-bond acceptors (Lipinski definition) is 2. The average Bonchev–Trinajstić information content (AvgIpc) is 2.84. The first-order valence-corrected chi connectivity index (χ1v) is 11.0. The van der Waals surface area contributed by atoms with E-state index < -0.39 is 11.8 Å². The molecule has 0 unspecified atom stereocenters. The fraction of sp³-hybridized carbons (Fsp3) is 0.133. The third kappa shape index (κ3) is 5.28. The lowest BCUT2D eigenvalue weighted by atomic mass is 9.74. The predicted molar refractivity (Wildman–Crippen MR) is 129 cm³/mol. The zero-order valence-electron chi connectivity index (χ0n) is 17.9. The molecule has 0 aliphatic carbocycles. The molecule has 0 aromatic heterocycles. The van der Waals surface area contributed by atoms with E-state index in [-0.39, 0.29) is 11.6 Å². The zero-order valence-corrected chi connectivity index (χ0v) is 17.9. The number of hydrogen-bond donors (Lipinski definition) is 0. The average molecular weight is 419 g/mol. The maximum atomic E-state index is 13.7. The highest BCUT2D eigenvalue weighted by Crippen LogP contribution is 2.36. The molecule has 0 heterocycles. The Balaban J connectivity index is 1.75. The summed E-state index contributed by atoms with van der Waals surface area (Å²) < 4.78 is 0. The van der Waals surface area contributed by atoms with Gasteiger partial charge < -0.3 is 0 Å². The third-order valence-electron chi connectivity index (χ3n) is 5.79. The summed E-state index contributed by atoms with van der Waals surface area (Å²) in [5, 5.41) is 0. The van der Waals surface area contributed by atoms with E-state index in [9.17, 15) is 9.59 Å². The molecule has 0 bridgehead atoms. The van der Waals surface area contributed by atoms with Gasteiger partial charge in [-0.3, -0.25) is 9.59 Å². The van der Waals surface area contributed by atoms with Gasteiger partial charge in [-0.15, -0.1) is 0 Å². The van der Waals surface area contributed by atoms with Gasteiger partial charge in [0.05, 0.1) is 11.8 Å². The summed E-state index contributed by atoms with van der Waals surface area (Å²) in [6, 6.07) is 38.9. The fourth-order valence-corrected chi connectivity index (χ4v) is 4.26.